The fourth-order valence-electron chi connectivity index (χ4n) is 1.53. The first kappa shape index (κ1) is 13.4. The minimum atomic E-state index is -0.306. The molecule has 18 heavy (non-hydrogen) atoms. The van der Waals surface area contributed by atoms with Gasteiger partial charge in [-0.1, -0.05) is 12.1 Å². The van der Waals surface area contributed by atoms with Crippen molar-refractivity contribution >= 4 is 37.5 Å². The largest absolute Gasteiger partial charge is 0.506 e. The predicted octanol–water partition coefficient (Wildman–Crippen LogP) is 4.67. The first-order valence-corrected chi connectivity index (χ1v) is 6.82. The minimum Gasteiger partial charge on any atom is -0.506 e. The van der Waals surface area contributed by atoms with E-state index in [-0.39, 0.29) is 11.6 Å². The Morgan fingerprint density at radius 3 is 2.67 bits per heavy atom. The highest BCUT2D eigenvalue weighted by Gasteiger charge is 2.06. The Kier molecular flexibility index (Phi) is 4.24. The van der Waals surface area contributed by atoms with Crippen LogP contribution in [0.1, 0.15) is 5.56 Å². The smallest absolute Gasteiger partial charge is 0.134 e. The highest BCUT2D eigenvalue weighted by atomic mass is 79.9. The molecular formula is C13H10Br2FNO. The lowest BCUT2D eigenvalue weighted by atomic mass is 10.2. The monoisotopic (exact) mass is 373 g/mol. The fraction of sp³-hybridized carbons (Fsp3) is 0.0769. The van der Waals surface area contributed by atoms with Crippen LogP contribution in [0.15, 0.2) is 45.3 Å². The third-order valence-corrected chi connectivity index (χ3v) is 3.80. The molecule has 2 aromatic carbocycles. The van der Waals surface area contributed by atoms with Gasteiger partial charge in [0.05, 0.1) is 10.2 Å². The lowest BCUT2D eigenvalue weighted by molar-refractivity contribution is 0.465. The van der Waals surface area contributed by atoms with E-state index in [0.29, 0.717) is 16.7 Å². The fourth-order valence-corrected chi connectivity index (χ4v) is 2.32. The van der Waals surface area contributed by atoms with Gasteiger partial charge in [0.25, 0.3) is 0 Å². The standard InChI is InChI=1S/C13H10Br2FNO/c14-10-5-4-9(16)6-12(10)17-7-8-2-1-3-11(15)13(8)18/h1-6,17-18H,7H2. The van der Waals surface area contributed by atoms with Crippen LogP contribution in [0.5, 0.6) is 5.75 Å². The molecule has 2 aromatic rings. The molecule has 0 fully saturated rings. The van der Waals surface area contributed by atoms with Crippen LogP contribution >= 0.6 is 31.9 Å². The molecule has 0 saturated heterocycles. The lowest BCUT2D eigenvalue weighted by Crippen LogP contribution is -2.01. The second-order valence-corrected chi connectivity index (χ2v) is 5.43. The van der Waals surface area contributed by atoms with Crippen LogP contribution < -0.4 is 5.32 Å². The summed E-state index contributed by atoms with van der Waals surface area (Å²) in [5.41, 5.74) is 1.38. The first-order valence-electron chi connectivity index (χ1n) is 5.23. The number of aromatic hydroxyl groups is 1. The second kappa shape index (κ2) is 5.71. The maximum absolute atomic E-state index is 13.1. The predicted molar refractivity (Wildman–Crippen MR) is 77.2 cm³/mol. The van der Waals surface area contributed by atoms with Gasteiger partial charge in [-0.2, -0.15) is 0 Å². The third-order valence-electron chi connectivity index (χ3n) is 2.47. The normalized spacial score (nSPS) is 10.4. The minimum absolute atomic E-state index is 0.192. The van der Waals surface area contributed by atoms with Crippen molar-refractivity contribution in [1.29, 1.82) is 0 Å². The molecule has 0 aliphatic heterocycles. The van der Waals surface area contributed by atoms with E-state index >= 15 is 0 Å². The van der Waals surface area contributed by atoms with Gasteiger partial charge in [0.2, 0.25) is 0 Å². The van der Waals surface area contributed by atoms with Crippen molar-refractivity contribution in [3.05, 3.63) is 56.7 Å². The van der Waals surface area contributed by atoms with Crippen LogP contribution in [-0.2, 0) is 6.54 Å². The molecule has 0 heterocycles. The van der Waals surface area contributed by atoms with E-state index in [4.69, 9.17) is 0 Å². The Morgan fingerprint density at radius 2 is 1.89 bits per heavy atom. The van der Waals surface area contributed by atoms with Crippen LogP contribution in [0.3, 0.4) is 0 Å². The van der Waals surface area contributed by atoms with Crippen molar-refractivity contribution in [2.45, 2.75) is 6.54 Å². The van der Waals surface area contributed by atoms with Crippen molar-refractivity contribution in [1.82, 2.24) is 0 Å². The third kappa shape index (κ3) is 3.03. The molecule has 0 spiro atoms. The van der Waals surface area contributed by atoms with E-state index in [1.165, 1.54) is 12.1 Å². The summed E-state index contributed by atoms with van der Waals surface area (Å²) in [5, 5.41) is 12.9. The number of hydrogen-bond acceptors (Lipinski definition) is 2. The van der Waals surface area contributed by atoms with Crippen molar-refractivity contribution in [2.75, 3.05) is 5.32 Å². The van der Waals surface area contributed by atoms with Crippen molar-refractivity contribution in [3.63, 3.8) is 0 Å². The van der Waals surface area contributed by atoms with E-state index < -0.39 is 0 Å². The first-order chi connectivity index (χ1) is 8.58. The van der Waals surface area contributed by atoms with Crippen LogP contribution in [-0.4, -0.2) is 5.11 Å². The maximum Gasteiger partial charge on any atom is 0.134 e. The van der Waals surface area contributed by atoms with Gasteiger partial charge in [-0.3, -0.25) is 0 Å². The molecular weight excluding hydrogens is 365 g/mol. The number of hydrogen-bond donors (Lipinski definition) is 2. The summed E-state index contributed by atoms with van der Waals surface area (Å²) >= 11 is 6.59. The van der Waals surface area contributed by atoms with Crippen LogP contribution in [0.2, 0.25) is 0 Å². The number of halogens is 3. The summed E-state index contributed by atoms with van der Waals surface area (Å²) in [5.74, 6) is -0.114. The summed E-state index contributed by atoms with van der Waals surface area (Å²) < 4.78 is 14.5. The van der Waals surface area contributed by atoms with Crippen LogP contribution in [0.4, 0.5) is 10.1 Å². The summed E-state index contributed by atoms with van der Waals surface area (Å²) in [6.07, 6.45) is 0. The quantitative estimate of drug-likeness (QED) is 0.818. The van der Waals surface area contributed by atoms with Gasteiger partial charge in [0.1, 0.15) is 11.6 Å². The Hall–Kier alpha value is -1.07. The van der Waals surface area contributed by atoms with E-state index in [1.54, 1.807) is 18.2 Å². The molecule has 0 atom stereocenters. The van der Waals surface area contributed by atoms with E-state index in [9.17, 15) is 9.50 Å². The second-order valence-electron chi connectivity index (χ2n) is 3.73. The highest BCUT2D eigenvalue weighted by Crippen LogP contribution is 2.29. The summed E-state index contributed by atoms with van der Waals surface area (Å²) in [6, 6.07) is 9.82. The van der Waals surface area contributed by atoms with E-state index in [1.807, 2.05) is 6.07 Å². The maximum atomic E-state index is 13.1. The van der Waals surface area contributed by atoms with Crippen LogP contribution in [0.25, 0.3) is 0 Å². The Morgan fingerprint density at radius 1 is 1.11 bits per heavy atom. The van der Waals surface area contributed by atoms with Crippen LogP contribution in [0, 0.1) is 5.82 Å². The zero-order valence-electron chi connectivity index (χ0n) is 9.25. The number of phenols is 1. The molecule has 5 heteroatoms. The van der Waals surface area contributed by atoms with Crippen molar-refractivity contribution < 1.29 is 9.50 Å². The molecule has 0 saturated carbocycles. The van der Waals surface area contributed by atoms with E-state index in [2.05, 4.69) is 37.2 Å². The van der Waals surface area contributed by atoms with Gasteiger partial charge in [0.15, 0.2) is 0 Å². The van der Waals surface area contributed by atoms with Gasteiger partial charge in [-0.15, -0.1) is 0 Å². The molecule has 0 amide bonds. The number of phenolic OH excluding ortho intramolecular Hbond substituents is 1. The molecule has 0 unspecified atom stereocenters. The number of benzene rings is 2. The Labute approximate surface area is 121 Å². The molecule has 2 N–H and O–H groups in total. The molecule has 0 radical (unpaired) electrons. The molecule has 2 nitrogen and oxygen atoms in total. The van der Waals surface area contributed by atoms with Gasteiger partial charge < -0.3 is 10.4 Å². The number of anilines is 1. The summed E-state index contributed by atoms with van der Waals surface area (Å²) in [7, 11) is 0. The highest BCUT2D eigenvalue weighted by molar-refractivity contribution is 9.11. The zero-order valence-corrected chi connectivity index (χ0v) is 12.4. The van der Waals surface area contributed by atoms with Gasteiger partial charge in [-0.25, -0.2) is 4.39 Å². The lowest BCUT2D eigenvalue weighted by Gasteiger charge is -2.10. The molecule has 0 aromatic heterocycles. The van der Waals surface area contributed by atoms with Gasteiger partial charge in [0, 0.05) is 16.6 Å². The summed E-state index contributed by atoms with van der Waals surface area (Å²) in [6.45, 7) is 0.410. The number of rotatable bonds is 3. The van der Waals surface area contributed by atoms with Crippen molar-refractivity contribution in [2.24, 2.45) is 0 Å². The van der Waals surface area contributed by atoms with Crippen molar-refractivity contribution in [3.8, 4) is 5.75 Å². The van der Waals surface area contributed by atoms with Gasteiger partial charge in [-0.05, 0) is 56.1 Å². The van der Waals surface area contributed by atoms with E-state index in [0.717, 1.165) is 10.0 Å². The number of para-hydroxylation sites is 1. The summed E-state index contributed by atoms with van der Waals surface area (Å²) in [4.78, 5) is 0. The average Bonchev–Trinajstić information content (AvgIpc) is 2.35. The molecule has 0 bridgehead atoms. The molecule has 0 aliphatic carbocycles. The number of nitrogens with one attached hydrogen (secondary N) is 1. The molecule has 0 aliphatic rings. The SMILES string of the molecule is Oc1c(Br)cccc1CNc1cc(F)ccc1Br. The van der Waals surface area contributed by atoms with Gasteiger partial charge >= 0.3 is 0 Å². The zero-order chi connectivity index (χ0) is 13.1. The topological polar surface area (TPSA) is 32.3 Å². The molecule has 94 valence electrons. The Balaban J connectivity index is 2.16. The average molecular weight is 375 g/mol. The Bertz CT molecular complexity index is 573. The molecule has 2 rings (SSSR count).